The van der Waals surface area contributed by atoms with Gasteiger partial charge >= 0.3 is 12.1 Å². The fourth-order valence-corrected chi connectivity index (χ4v) is 6.78. The van der Waals surface area contributed by atoms with Crippen molar-refractivity contribution in [2.75, 3.05) is 30.3 Å². The van der Waals surface area contributed by atoms with Crippen LogP contribution in [0.5, 0.6) is 0 Å². The van der Waals surface area contributed by atoms with Crippen LogP contribution < -0.4 is 10.6 Å². The third-order valence-electron chi connectivity index (χ3n) is 8.84. The number of carboxylic acids is 1. The van der Waals surface area contributed by atoms with Crippen molar-refractivity contribution in [2.24, 2.45) is 5.41 Å². The minimum atomic E-state index is -4.81. The van der Waals surface area contributed by atoms with Crippen LogP contribution in [-0.2, 0) is 16.4 Å². The molecule has 3 N–H and O–H groups in total. The fraction of sp³-hybridized carbons (Fsp3) is 0.333. The number of fused-ring (bicyclic) bond motifs is 1. The Morgan fingerprint density at radius 3 is 2.33 bits per heavy atom. The van der Waals surface area contributed by atoms with Crippen LogP contribution in [0.3, 0.4) is 0 Å². The fourth-order valence-electron chi connectivity index (χ4n) is 6.78. The van der Waals surface area contributed by atoms with Gasteiger partial charge in [0.15, 0.2) is 0 Å². The van der Waals surface area contributed by atoms with E-state index in [1.165, 1.54) is 0 Å². The number of carbonyl (C=O) groups is 1. The summed E-state index contributed by atoms with van der Waals surface area (Å²) in [6.07, 6.45) is -3.09. The van der Waals surface area contributed by atoms with Crippen LogP contribution >= 0.6 is 0 Å². The molecule has 0 bridgehead atoms. The maximum absolute atomic E-state index is 14.4. The Hall–Kier alpha value is -4.10. The van der Waals surface area contributed by atoms with E-state index in [9.17, 15) is 32.7 Å². The molecule has 1 spiro atoms. The smallest absolute Gasteiger partial charge is 0.419 e. The molecule has 3 aromatic rings. The summed E-state index contributed by atoms with van der Waals surface area (Å²) < 4.78 is 54.6. The summed E-state index contributed by atoms with van der Waals surface area (Å²) in [6.45, 7) is 1.16. The summed E-state index contributed by atoms with van der Waals surface area (Å²) >= 11 is 0. The van der Waals surface area contributed by atoms with Crippen molar-refractivity contribution in [1.82, 2.24) is 4.90 Å². The highest BCUT2D eigenvalue weighted by atomic mass is 19.4. The molecule has 3 aliphatic rings. The Morgan fingerprint density at radius 1 is 1.02 bits per heavy atom. The predicted octanol–water partition coefficient (Wildman–Crippen LogP) is 6.06. The zero-order chi connectivity index (χ0) is 28.3. The van der Waals surface area contributed by atoms with E-state index in [1.54, 1.807) is 6.07 Å². The highest BCUT2D eigenvalue weighted by molar-refractivity contribution is 5.77. The molecule has 6 rings (SSSR count). The van der Waals surface area contributed by atoms with Crippen LogP contribution in [0.4, 0.5) is 28.9 Å². The number of aliphatic carboxylic acids is 1. The van der Waals surface area contributed by atoms with Gasteiger partial charge in [-0.25, -0.2) is 4.39 Å². The van der Waals surface area contributed by atoms with E-state index in [2.05, 4.69) is 16.7 Å². The number of nitrogens with zero attached hydrogens (tertiary/aromatic N) is 2. The molecule has 40 heavy (non-hydrogen) atoms. The van der Waals surface area contributed by atoms with Crippen molar-refractivity contribution in [2.45, 2.75) is 37.0 Å². The molecule has 0 radical (unpaired) electrons. The average Bonchev–Trinajstić information content (AvgIpc) is 3.38. The highest BCUT2D eigenvalue weighted by Gasteiger charge is 2.72. The summed E-state index contributed by atoms with van der Waals surface area (Å²) in [7, 11) is 0. The lowest BCUT2D eigenvalue weighted by atomic mass is 9.78. The zero-order valence-corrected chi connectivity index (χ0v) is 21.4. The van der Waals surface area contributed by atoms with E-state index >= 15 is 0 Å². The van der Waals surface area contributed by atoms with Gasteiger partial charge in [-0.3, -0.25) is 9.69 Å². The monoisotopic (exact) mass is 550 g/mol. The Kier molecular flexibility index (Phi) is 6.04. The number of hydrogen-bond acceptors (Lipinski definition) is 5. The second-order valence-corrected chi connectivity index (χ2v) is 11.0. The molecule has 2 heterocycles. The second kappa shape index (κ2) is 9.24. The van der Waals surface area contributed by atoms with Gasteiger partial charge in [-0.05, 0) is 78.7 Å². The number of alkyl halides is 3. The molecule has 6 nitrogen and oxygen atoms in total. The lowest BCUT2D eigenvalue weighted by Gasteiger charge is -2.38. The van der Waals surface area contributed by atoms with Crippen molar-refractivity contribution in [3.05, 3.63) is 83.2 Å². The molecule has 10 heteroatoms. The number of nitriles is 1. The first kappa shape index (κ1) is 26.1. The summed E-state index contributed by atoms with van der Waals surface area (Å²) in [4.78, 5) is 13.2. The van der Waals surface area contributed by atoms with Gasteiger partial charge in [-0.2, -0.15) is 18.4 Å². The van der Waals surface area contributed by atoms with E-state index < -0.39 is 35.1 Å². The van der Waals surface area contributed by atoms with Gasteiger partial charge in [0.25, 0.3) is 0 Å². The molecule has 2 unspecified atom stereocenters. The molecule has 3 aromatic carbocycles. The minimum Gasteiger partial charge on any atom is -0.480 e. The zero-order valence-electron chi connectivity index (χ0n) is 21.4. The largest absolute Gasteiger partial charge is 0.480 e. The second-order valence-electron chi connectivity index (χ2n) is 11.0. The Morgan fingerprint density at radius 2 is 1.70 bits per heavy atom. The highest BCUT2D eigenvalue weighted by Crippen LogP contribution is 2.72. The van der Waals surface area contributed by atoms with Crippen LogP contribution in [0.1, 0.15) is 36.0 Å². The third kappa shape index (κ3) is 4.25. The first-order valence-corrected chi connectivity index (χ1v) is 13.0. The Labute approximate surface area is 228 Å². The molecule has 0 aromatic heterocycles. The summed E-state index contributed by atoms with van der Waals surface area (Å²) in [5, 5.41) is 25.0. The molecule has 0 amide bonds. The normalized spacial score (nSPS) is 23.1. The number of carboxylic acid groups (broad SMARTS) is 1. The van der Waals surface area contributed by atoms with Crippen molar-refractivity contribution in [3.8, 4) is 17.2 Å². The van der Waals surface area contributed by atoms with Gasteiger partial charge < -0.3 is 15.7 Å². The van der Waals surface area contributed by atoms with Gasteiger partial charge in [0.2, 0.25) is 0 Å². The quantitative estimate of drug-likeness (QED) is 0.335. The molecular formula is C30H26F4N4O2. The summed E-state index contributed by atoms with van der Waals surface area (Å²) in [5.41, 5.74) is 1.82. The van der Waals surface area contributed by atoms with Gasteiger partial charge in [-0.15, -0.1) is 0 Å². The number of rotatable bonds is 5. The topological polar surface area (TPSA) is 88.4 Å². The molecule has 1 saturated carbocycles. The van der Waals surface area contributed by atoms with Gasteiger partial charge in [0.05, 0.1) is 35.1 Å². The number of benzene rings is 3. The summed E-state index contributed by atoms with van der Waals surface area (Å²) in [6, 6.07) is 19.1. The van der Waals surface area contributed by atoms with E-state index in [0.717, 1.165) is 48.1 Å². The maximum Gasteiger partial charge on any atom is 0.419 e. The van der Waals surface area contributed by atoms with Crippen LogP contribution in [0, 0.1) is 22.6 Å². The molecule has 1 aliphatic carbocycles. The van der Waals surface area contributed by atoms with Gasteiger partial charge in [0, 0.05) is 5.41 Å². The van der Waals surface area contributed by atoms with E-state index in [0.29, 0.717) is 18.7 Å². The standard InChI is InChI=1S/C30H26F4N4O2/c31-23-14-25-24(13-22(23)30(32,33)34)36-27(37-25)29(17-28(29)8-10-38(11-9-28)16-26(39)40)21-6-4-19(5-7-21)20-3-1-2-18(12-20)15-35/h1-7,12-14,27,36-37H,8-11,16-17H2,(H,39,40). The van der Waals surface area contributed by atoms with Crippen LogP contribution in [0.15, 0.2) is 60.7 Å². The number of nitrogens with one attached hydrogen (secondary N) is 2. The van der Waals surface area contributed by atoms with Crippen LogP contribution in [0.25, 0.3) is 11.1 Å². The number of halogens is 4. The number of likely N-dealkylation sites (tertiary alicyclic amines) is 1. The lowest BCUT2D eigenvalue weighted by molar-refractivity contribution is -0.140. The van der Waals surface area contributed by atoms with E-state index in [-0.39, 0.29) is 23.3 Å². The SMILES string of the molecule is N#Cc1cccc(-c2ccc(C3(C4Nc5cc(F)c(C(F)(F)F)cc5N4)CC34CCN(CC(=O)O)CC4)cc2)c1. The molecular weight excluding hydrogens is 524 g/mol. The Bertz CT molecular complexity index is 1520. The van der Waals surface area contributed by atoms with Crippen LogP contribution in [-0.4, -0.2) is 41.8 Å². The lowest BCUT2D eigenvalue weighted by Crippen LogP contribution is -2.45. The van der Waals surface area contributed by atoms with Crippen molar-refractivity contribution < 1.29 is 27.5 Å². The van der Waals surface area contributed by atoms with Crippen molar-refractivity contribution in [1.29, 1.82) is 5.26 Å². The molecule has 2 fully saturated rings. The molecule has 2 aliphatic heterocycles. The number of piperidine rings is 1. The molecule has 1 saturated heterocycles. The van der Waals surface area contributed by atoms with Crippen molar-refractivity contribution in [3.63, 3.8) is 0 Å². The first-order valence-electron chi connectivity index (χ1n) is 13.0. The van der Waals surface area contributed by atoms with Crippen molar-refractivity contribution >= 4 is 17.3 Å². The first-order chi connectivity index (χ1) is 19.0. The van der Waals surface area contributed by atoms with E-state index in [4.69, 9.17) is 0 Å². The average molecular weight is 551 g/mol. The number of hydrogen-bond donors (Lipinski definition) is 3. The molecule has 2 atom stereocenters. The maximum atomic E-state index is 14.4. The van der Waals surface area contributed by atoms with E-state index in [1.807, 2.05) is 47.4 Å². The molecule has 206 valence electrons. The predicted molar refractivity (Wildman–Crippen MR) is 141 cm³/mol. The summed E-state index contributed by atoms with van der Waals surface area (Å²) in [5.74, 6) is -2.21. The van der Waals surface area contributed by atoms with Crippen LogP contribution in [0.2, 0.25) is 0 Å². The third-order valence-corrected chi connectivity index (χ3v) is 8.84. The minimum absolute atomic E-state index is 0.0373. The number of anilines is 2. The van der Waals surface area contributed by atoms with Gasteiger partial charge in [0.1, 0.15) is 12.0 Å². The Balaban J connectivity index is 1.35. The van der Waals surface area contributed by atoms with Gasteiger partial charge in [-0.1, -0.05) is 36.4 Å².